The molecule has 2 heterocycles. The van der Waals surface area contributed by atoms with Gasteiger partial charge in [-0.1, -0.05) is 0 Å². The van der Waals surface area contributed by atoms with Crippen LogP contribution in [0.25, 0.3) is 0 Å². The maximum Gasteiger partial charge on any atom is 0.0701 e. The molecule has 2 aromatic rings. The maximum absolute atomic E-state index is 5.88. The highest BCUT2D eigenvalue weighted by Crippen LogP contribution is 2.25. The number of hydrogen-bond donors (Lipinski definition) is 1. The smallest absolute Gasteiger partial charge is 0.0701 e. The molecule has 0 saturated carbocycles. The standard InChI is InChI=1S/C12H15BrN2S2/c1-15(6-9-4-12(13)17-7-9)11(5-14)10-2-3-16-8-10/h2-4,7-8,11H,5-6,14H2,1H3. The number of thiophene rings is 2. The average Bonchev–Trinajstić information content (AvgIpc) is 2.92. The Kier molecular flexibility index (Phi) is 4.76. The van der Waals surface area contributed by atoms with Crippen molar-refractivity contribution in [3.8, 4) is 0 Å². The highest BCUT2D eigenvalue weighted by atomic mass is 79.9. The minimum Gasteiger partial charge on any atom is -0.329 e. The third-order valence-electron chi connectivity index (χ3n) is 2.74. The van der Waals surface area contributed by atoms with Gasteiger partial charge in [0.15, 0.2) is 0 Å². The van der Waals surface area contributed by atoms with E-state index < -0.39 is 0 Å². The summed E-state index contributed by atoms with van der Waals surface area (Å²) < 4.78 is 1.18. The summed E-state index contributed by atoms with van der Waals surface area (Å²) in [5, 5.41) is 6.46. The van der Waals surface area contributed by atoms with Crippen LogP contribution < -0.4 is 5.73 Å². The molecule has 2 N–H and O–H groups in total. The summed E-state index contributed by atoms with van der Waals surface area (Å²) in [6, 6.07) is 4.63. The lowest BCUT2D eigenvalue weighted by Gasteiger charge is -2.26. The lowest BCUT2D eigenvalue weighted by molar-refractivity contribution is 0.242. The normalized spacial score (nSPS) is 13.2. The molecular weight excluding hydrogens is 316 g/mol. The number of hydrogen-bond acceptors (Lipinski definition) is 4. The maximum atomic E-state index is 5.88. The van der Waals surface area contributed by atoms with Crippen molar-refractivity contribution in [2.24, 2.45) is 5.73 Å². The van der Waals surface area contributed by atoms with Crippen molar-refractivity contribution in [2.45, 2.75) is 12.6 Å². The van der Waals surface area contributed by atoms with Crippen LogP contribution >= 0.6 is 38.6 Å². The first-order chi connectivity index (χ1) is 8.20. The van der Waals surface area contributed by atoms with Gasteiger partial charge in [-0.2, -0.15) is 11.3 Å². The molecule has 2 aromatic heterocycles. The molecule has 0 aliphatic heterocycles. The monoisotopic (exact) mass is 330 g/mol. The van der Waals surface area contributed by atoms with Crippen LogP contribution in [-0.2, 0) is 6.54 Å². The molecule has 0 aromatic carbocycles. The highest BCUT2D eigenvalue weighted by Gasteiger charge is 2.16. The molecule has 0 radical (unpaired) electrons. The Bertz CT molecular complexity index is 453. The summed E-state index contributed by atoms with van der Waals surface area (Å²) in [5.74, 6) is 0. The second-order valence-corrected chi connectivity index (χ2v) is 7.05. The molecule has 0 spiro atoms. The fourth-order valence-corrected chi connectivity index (χ4v) is 3.77. The second kappa shape index (κ2) is 6.11. The van der Waals surface area contributed by atoms with E-state index in [1.54, 1.807) is 22.7 Å². The Morgan fingerprint density at radius 3 is 2.82 bits per heavy atom. The van der Waals surface area contributed by atoms with Crippen molar-refractivity contribution in [2.75, 3.05) is 13.6 Å². The van der Waals surface area contributed by atoms with E-state index in [2.05, 4.69) is 56.2 Å². The van der Waals surface area contributed by atoms with E-state index in [0.29, 0.717) is 12.6 Å². The van der Waals surface area contributed by atoms with Gasteiger partial charge >= 0.3 is 0 Å². The first-order valence-corrected chi connectivity index (χ1v) is 7.97. The predicted molar refractivity (Wildman–Crippen MR) is 79.6 cm³/mol. The van der Waals surface area contributed by atoms with E-state index in [1.807, 2.05) is 0 Å². The SMILES string of the molecule is CN(Cc1csc(Br)c1)C(CN)c1ccsc1. The van der Waals surface area contributed by atoms with Crippen molar-refractivity contribution < 1.29 is 0 Å². The minimum absolute atomic E-state index is 0.305. The van der Waals surface area contributed by atoms with Crippen LogP contribution in [0.4, 0.5) is 0 Å². The van der Waals surface area contributed by atoms with Gasteiger partial charge in [0.1, 0.15) is 0 Å². The third-order valence-corrected chi connectivity index (χ3v) is 4.99. The van der Waals surface area contributed by atoms with Gasteiger partial charge in [-0.05, 0) is 62.4 Å². The minimum atomic E-state index is 0.305. The van der Waals surface area contributed by atoms with Gasteiger partial charge in [-0.3, -0.25) is 4.90 Å². The summed E-state index contributed by atoms with van der Waals surface area (Å²) in [5.41, 5.74) is 8.53. The third kappa shape index (κ3) is 3.39. The Labute approximate surface area is 118 Å². The van der Waals surface area contributed by atoms with Gasteiger partial charge in [-0.25, -0.2) is 0 Å². The van der Waals surface area contributed by atoms with E-state index in [0.717, 1.165) is 6.54 Å². The van der Waals surface area contributed by atoms with E-state index in [4.69, 9.17) is 5.73 Å². The first kappa shape index (κ1) is 13.2. The van der Waals surface area contributed by atoms with Crippen LogP contribution in [0.2, 0.25) is 0 Å². The lowest BCUT2D eigenvalue weighted by Crippen LogP contribution is -2.29. The van der Waals surface area contributed by atoms with Crippen LogP contribution in [0.5, 0.6) is 0 Å². The molecule has 2 rings (SSSR count). The number of nitrogens with two attached hydrogens (primary N) is 1. The Morgan fingerprint density at radius 2 is 2.29 bits per heavy atom. The van der Waals surface area contributed by atoms with Crippen molar-refractivity contribution in [3.05, 3.63) is 43.2 Å². The Balaban J connectivity index is 2.05. The van der Waals surface area contributed by atoms with Gasteiger partial charge in [0.2, 0.25) is 0 Å². The van der Waals surface area contributed by atoms with E-state index in [-0.39, 0.29) is 0 Å². The summed E-state index contributed by atoms with van der Waals surface area (Å²) in [4.78, 5) is 2.30. The van der Waals surface area contributed by atoms with Gasteiger partial charge in [-0.15, -0.1) is 11.3 Å². The molecule has 92 valence electrons. The molecule has 0 amide bonds. The highest BCUT2D eigenvalue weighted by molar-refractivity contribution is 9.11. The van der Waals surface area contributed by atoms with E-state index >= 15 is 0 Å². The molecule has 1 unspecified atom stereocenters. The van der Waals surface area contributed by atoms with Crippen molar-refractivity contribution in [1.82, 2.24) is 4.90 Å². The van der Waals surface area contributed by atoms with Gasteiger partial charge in [0.25, 0.3) is 0 Å². The zero-order valence-electron chi connectivity index (χ0n) is 9.60. The Hall–Kier alpha value is -0.200. The van der Waals surface area contributed by atoms with Crippen molar-refractivity contribution in [3.63, 3.8) is 0 Å². The summed E-state index contributed by atoms with van der Waals surface area (Å²) >= 11 is 6.94. The van der Waals surface area contributed by atoms with Crippen LogP contribution in [0, 0.1) is 0 Å². The van der Waals surface area contributed by atoms with E-state index in [1.165, 1.54) is 14.9 Å². The first-order valence-electron chi connectivity index (χ1n) is 5.36. The molecule has 5 heteroatoms. The fraction of sp³-hybridized carbons (Fsp3) is 0.333. The Morgan fingerprint density at radius 1 is 1.47 bits per heavy atom. The zero-order valence-corrected chi connectivity index (χ0v) is 12.8. The summed E-state index contributed by atoms with van der Waals surface area (Å²) in [7, 11) is 2.13. The lowest BCUT2D eigenvalue weighted by atomic mass is 10.1. The molecule has 0 aliphatic rings. The second-order valence-electron chi connectivity index (χ2n) is 3.98. The van der Waals surface area contributed by atoms with Crippen LogP contribution in [0.15, 0.2) is 32.1 Å². The molecule has 0 aliphatic carbocycles. The van der Waals surface area contributed by atoms with Crippen molar-refractivity contribution in [1.29, 1.82) is 0 Å². The van der Waals surface area contributed by atoms with Crippen LogP contribution in [-0.4, -0.2) is 18.5 Å². The molecule has 1 atom stereocenters. The largest absolute Gasteiger partial charge is 0.329 e. The molecule has 0 bridgehead atoms. The number of nitrogens with zero attached hydrogens (tertiary/aromatic N) is 1. The molecular formula is C12H15BrN2S2. The molecule has 2 nitrogen and oxygen atoms in total. The molecule has 0 fully saturated rings. The van der Waals surface area contributed by atoms with Gasteiger partial charge in [0.05, 0.1) is 3.79 Å². The number of halogens is 1. The predicted octanol–water partition coefficient (Wildman–Crippen LogP) is 3.70. The topological polar surface area (TPSA) is 29.3 Å². The van der Waals surface area contributed by atoms with E-state index in [9.17, 15) is 0 Å². The molecule has 0 saturated heterocycles. The van der Waals surface area contributed by atoms with Crippen molar-refractivity contribution >= 4 is 38.6 Å². The summed E-state index contributed by atoms with van der Waals surface area (Å²) in [6.07, 6.45) is 0. The zero-order chi connectivity index (χ0) is 12.3. The number of rotatable bonds is 5. The summed E-state index contributed by atoms with van der Waals surface area (Å²) in [6.45, 7) is 1.58. The van der Waals surface area contributed by atoms with Crippen LogP contribution in [0.1, 0.15) is 17.2 Å². The quantitative estimate of drug-likeness (QED) is 0.905. The van der Waals surface area contributed by atoms with Gasteiger partial charge < -0.3 is 5.73 Å². The number of likely N-dealkylation sites (N-methyl/N-ethyl adjacent to an activating group) is 1. The molecule has 17 heavy (non-hydrogen) atoms. The fourth-order valence-electron chi connectivity index (χ4n) is 1.86. The average molecular weight is 331 g/mol. The van der Waals surface area contributed by atoms with Crippen LogP contribution in [0.3, 0.4) is 0 Å². The van der Waals surface area contributed by atoms with Gasteiger partial charge in [0, 0.05) is 19.1 Å².